The van der Waals surface area contributed by atoms with Gasteiger partial charge in [-0.05, 0) is 41.8 Å². The second kappa shape index (κ2) is 9.06. The van der Waals surface area contributed by atoms with Gasteiger partial charge in [0.05, 0.1) is 21.7 Å². The van der Waals surface area contributed by atoms with Crippen LogP contribution in [0.15, 0.2) is 72.8 Å². The van der Waals surface area contributed by atoms with Crippen molar-refractivity contribution in [2.45, 2.75) is 18.9 Å². The summed E-state index contributed by atoms with van der Waals surface area (Å²) in [7, 11) is 0. The van der Waals surface area contributed by atoms with Gasteiger partial charge in [0, 0.05) is 25.1 Å². The molecule has 2 heterocycles. The molecule has 1 N–H and O–H groups in total. The molecule has 36 heavy (non-hydrogen) atoms. The number of nitro groups is 1. The molecule has 0 aliphatic carbocycles. The van der Waals surface area contributed by atoms with Crippen LogP contribution in [0.3, 0.4) is 0 Å². The van der Waals surface area contributed by atoms with E-state index in [-0.39, 0.29) is 24.6 Å². The summed E-state index contributed by atoms with van der Waals surface area (Å²) in [5, 5.41) is 13.5. The number of fused-ring (bicyclic) bond motifs is 1. The van der Waals surface area contributed by atoms with Crippen molar-refractivity contribution < 1.29 is 24.1 Å². The van der Waals surface area contributed by atoms with Crippen LogP contribution in [0.25, 0.3) is 0 Å². The molecule has 0 spiro atoms. The van der Waals surface area contributed by atoms with Gasteiger partial charge in [-0.25, -0.2) is 9.69 Å². The predicted molar refractivity (Wildman–Crippen MR) is 129 cm³/mol. The predicted octanol–water partition coefficient (Wildman–Crippen LogP) is 3.10. The molecule has 0 bridgehead atoms. The average Bonchev–Trinajstić information content (AvgIpc) is 3.29. The number of anilines is 1. The lowest BCUT2D eigenvalue weighted by molar-refractivity contribution is -0.384. The van der Waals surface area contributed by atoms with Crippen LogP contribution in [0.2, 0.25) is 0 Å². The molecule has 180 valence electrons. The molecule has 2 aliphatic rings. The smallest absolute Gasteiger partial charge is 0.324 e. The Kier molecular flexibility index (Phi) is 5.77. The van der Waals surface area contributed by atoms with E-state index < -0.39 is 28.8 Å². The topological polar surface area (TPSA) is 130 Å². The molecule has 0 saturated carbocycles. The quantitative estimate of drug-likeness (QED) is 0.237. The number of nitrogens with zero attached hydrogens (tertiary/aromatic N) is 3. The third kappa shape index (κ3) is 4.09. The Morgan fingerprint density at radius 1 is 0.833 bits per heavy atom. The van der Waals surface area contributed by atoms with E-state index >= 15 is 0 Å². The summed E-state index contributed by atoms with van der Waals surface area (Å²) in [6.07, 6.45) is 0.550. The maximum absolute atomic E-state index is 12.9. The van der Waals surface area contributed by atoms with E-state index in [1.807, 2.05) is 0 Å². The van der Waals surface area contributed by atoms with Crippen LogP contribution in [-0.2, 0) is 17.6 Å². The summed E-state index contributed by atoms with van der Waals surface area (Å²) in [5.41, 5.74) is 2.49. The zero-order valence-electron chi connectivity index (χ0n) is 18.9. The van der Waals surface area contributed by atoms with Crippen molar-refractivity contribution in [1.29, 1.82) is 0 Å². The van der Waals surface area contributed by atoms with Crippen molar-refractivity contribution >= 4 is 35.1 Å². The van der Waals surface area contributed by atoms with Crippen LogP contribution >= 0.6 is 0 Å². The fourth-order valence-electron chi connectivity index (χ4n) is 4.43. The maximum Gasteiger partial charge on any atom is 0.324 e. The van der Waals surface area contributed by atoms with E-state index in [0.29, 0.717) is 28.8 Å². The van der Waals surface area contributed by atoms with Gasteiger partial charge in [0.25, 0.3) is 23.4 Å². The summed E-state index contributed by atoms with van der Waals surface area (Å²) < 4.78 is 0. The van der Waals surface area contributed by atoms with Gasteiger partial charge in [0.2, 0.25) is 0 Å². The molecule has 10 heteroatoms. The molecule has 5 rings (SSSR count). The Bertz CT molecular complexity index is 1380. The van der Waals surface area contributed by atoms with Gasteiger partial charge >= 0.3 is 6.03 Å². The first-order chi connectivity index (χ1) is 17.3. The molecule has 1 unspecified atom stereocenters. The Labute approximate surface area is 205 Å². The second-order valence-corrected chi connectivity index (χ2v) is 8.53. The molecule has 1 atom stereocenters. The van der Waals surface area contributed by atoms with Gasteiger partial charge in [-0.1, -0.05) is 36.4 Å². The van der Waals surface area contributed by atoms with Crippen molar-refractivity contribution in [3.8, 4) is 0 Å². The molecule has 5 amide bonds. The molecule has 1 fully saturated rings. The number of non-ortho nitro benzene ring substituents is 1. The standard InChI is InChI=1S/C26H20N4O6/c31-23-20-6-1-2-7-21(20)24(32)29(23)19-5-3-4-17(14-19)15-22-25(33)28(26(34)27-22)13-12-16-8-10-18(11-9-16)30(35)36/h1-11,14,22H,12-13,15H2,(H,27,34). The molecule has 0 aromatic heterocycles. The number of benzene rings is 3. The minimum atomic E-state index is -0.785. The first-order valence-electron chi connectivity index (χ1n) is 11.3. The van der Waals surface area contributed by atoms with E-state index in [1.54, 1.807) is 60.7 Å². The van der Waals surface area contributed by atoms with Crippen molar-refractivity contribution in [2.24, 2.45) is 0 Å². The van der Waals surface area contributed by atoms with Crippen LogP contribution < -0.4 is 10.2 Å². The van der Waals surface area contributed by atoms with Gasteiger partial charge in [-0.2, -0.15) is 0 Å². The van der Waals surface area contributed by atoms with Gasteiger partial charge in [0.1, 0.15) is 6.04 Å². The minimum Gasteiger partial charge on any atom is -0.325 e. The molecular formula is C26H20N4O6. The van der Waals surface area contributed by atoms with Crippen LogP contribution in [0, 0.1) is 10.1 Å². The normalized spacial score (nSPS) is 16.9. The Balaban J connectivity index is 1.26. The second-order valence-electron chi connectivity index (χ2n) is 8.53. The summed E-state index contributed by atoms with van der Waals surface area (Å²) in [5.74, 6) is -1.20. The number of hydrogen-bond acceptors (Lipinski definition) is 6. The van der Waals surface area contributed by atoms with Gasteiger partial charge < -0.3 is 5.32 Å². The lowest BCUT2D eigenvalue weighted by atomic mass is 10.0. The van der Waals surface area contributed by atoms with Gasteiger partial charge in [-0.3, -0.25) is 29.4 Å². The van der Waals surface area contributed by atoms with Crippen LogP contribution in [0.4, 0.5) is 16.2 Å². The number of rotatable bonds is 7. The van der Waals surface area contributed by atoms with E-state index in [4.69, 9.17) is 0 Å². The summed E-state index contributed by atoms with van der Waals surface area (Å²) in [4.78, 5) is 63.5. The van der Waals surface area contributed by atoms with Crippen molar-refractivity contribution in [3.63, 3.8) is 0 Å². The number of urea groups is 1. The summed E-state index contributed by atoms with van der Waals surface area (Å²) in [6.45, 7) is 0.133. The number of carbonyl (C=O) groups excluding carboxylic acids is 4. The lowest BCUT2D eigenvalue weighted by Gasteiger charge is -2.16. The number of nitrogens with one attached hydrogen (secondary N) is 1. The van der Waals surface area contributed by atoms with Crippen molar-refractivity contribution in [3.05, 3.63) is 105 Å². The van der Waals surface area contributed by atoms with E-state index in [9.17, 15) is 29.3 Å². The molecule has 10 nitrogen and oxygen atoms in total. The first-order valence-corrected chi connectivity index (χ1v) is 11.3. The number of amides is 5. The number of hydrogen-bond donors (Lipinski definition) is 1. The molecule has 3 aromatic carbocycles. The first kappa shape index (κ1) is 22.9. The third-order valence-corrected chi connectivity index (χ3v) is 6.28. The fraction of sp³-hybridized carbons (Fsp3) is 0.154. The zero-order chi connectivity index (χ0) is 25.4. The van der Waals surface area contributed by atoms with Gasteiger partial charge in [-0.15, -0.1) is 0 Å². The van der Waals surface area contributed by atoms with Crippen LogP contribution in [0.5, 0.6) is 0 Å². The highest BCUT2D eigenvalue weighted by atomic mass is 16.6. The molecule has 1 saturated heterocycles. The van der Waals surface area contributed by atoms with Crippen LogP contribution in [0.1, 0.15) is 31.8 Å². The number of carbonyl (C=O) groups is 4. The largest absolute Gasteiger partial charge is 0.325 e. The highest BCUT2D eigenvalue weighted by Gasteiger charge is 2.39. The van der Waals surface area contributed by atoms with E-state index in [1.165, 1.54) is 12.1 Å². The Hall–Kier alpha value is -4.86. The van der Waals surface area contributed by atoms with E-state index in [0.717, 1.165) is 15.4 Å². The minimum absolute atomic E-state index is 0.0303. The highest BCUT2D eigenvalue weighted by molar-refractivity contribution is 6.34. The Morgan fingerprint density at radius 3 is 2.14 bits per heavy atom. The highest BCUT2D eigenvalue weighted by Crippen LogP contribution is 2.29. The van der Waals surface area contributed by atoms with Crippen LogP contribution in [-0.4, -0.2) is 46.2 Å². The van der Waals surface area contributed by atoms with E-state index in [2.05, 4.69) is 5.32 Å². The molecule has 3 aromatic rings. The number of nitro benzene ring substituents is 1. The Morgan fingerprint density at radius 2 is 1.50 bits per heavy atom. The summed E-state index contributed by atoms with van der Waals surface area (Å²) in [6, 6.07) is 18.1. The fourth-order valence-corrected chi connectivity index (χ4v) is 4.43. The number of imide groups is 2. The summed E-state index contributed by atoms with van der Waals surface area (Å²) >= 11 is 0. The van der Waals surface area contributed by atoms with Crippen molar-refractivity contribution in [1.82, 2.24) is 10.2 Å². The SMILES string of the molecule is O=C1NC(Cc2cccc(N3C(=O)c4ccccc4C3=O)c2)C(=O)N1CCc1ccc([N+](=O)[O-])cc1. The molecule has 2 aliphatic heterocycles. The van der Waals surface area contributed by atoms with Gasteiger partial charge in [0.15, 0.2) is 0 Å². The molecule has 0 radical (unpaired) electrons. The lowest BCUT2D eigenvalue weighted by Crippen LogP contribution is -2.34. The molecular weight excluding hydrogens is 464 g/mol. The average molecular weight is 484 g/mol. The monoisotopic (exact) mass is 484 g/mol. The third-order valence-electron chi connectivity index (χ3n) is 6.28. The maximum atomic E-state index is 12.9. The zero-order valence-corrected chi connectivity index (χ0v) is 18.9. The van der Waals surface area contributed by atoms with Crippen molar-refractivity contribution in [2.75, 3.05) is 11.4 Å².